The number of amides is 2. The first-order valence-corrected chi connectivity index (χ1v) is 9.96. The number of hydrogen-bond donors (Lipinski definition) is 1. The fourth-order valence-corrected chi connectivity index (χ4v) is 3.58. The Morgan fingerprint density at radius 3 is 2.57 bits per heavy atom. The first-order chi connectivity index (χ1) is 13.6. The number of carbonyl (C=O) groups is 2. The monoisotopic (exact) mass is 383 g/mol. The third-order valence-electron chi connectivity index (χ3n) is 5.20. The van der Waals surface area contributed by atoms with Crippen molar-refractivity contribution in [1.82, 2.24) is 15.1 Å². The molecule has 1 aromatic heterocycles. The fraction of sp³-hybridized carbons (Fsp3) is 0.455. The molecule has 1 fully saturated rings. The van der Waals surface area contributed by atoms with Crippen LogP contribution in [0.5, 0.6) is 0 Å². The van der Waals surface area contributed by atoms with Gasteiger partial charge in [0.05, 0.1) is 6.26 Å². The summed E-state index contributed by atoms with van der Waals surface area (Å²) in [4.78, 5) is 28.7. The van der Waals surface area contributed by atoms with Crippen LogP contribution < -0.4 is 5.32 Å². The largest absolute Gasteiger partial charge is 0.459 e. The number of likely N-dealkylation sites (tertiary alicyclic amines) is 1. The Kier molecular flexibility index (Phi) is 7.25. The number of furan rings is 1. The SMILES string of the molecule is CN(CCCNC(=O)C1CCN(C(=O)c2ccco2)CC1)Cc1ccccc1. The Hall–Kier alpha value is -2.60. The van der Waals surface area contributed by atoms with Gasteiger partial charge in [-0.05, 0) is 50.6 Å². The van der Waals surface area contributed by atoms with Crippen molar-refractivity contribution in [2.45, 2.75) is 25.8 Å². The van der Waals surface area contributed by atoms with Crippen LogP contribution in [0, 0.1) is 5.92 Å². The fourth-order valence-electron chi connectivity index (χ4n) is 3.58. The van der Waals surface area contributed by atoms with Gasteiger partial charge in [-0.25, -0.2) is 0 Å². The molecule has 6 nitrogen and oxygen atoms in total. The van der Waals surface area contributed by atoms with Gasteiger partial charge in [0.15, 0.2) is 5.76 Å². The average Bonchev–Trinajstić information content (AvgIpc) is 3.26. The second-order valence-electron chi connectivity index (χ2n) is 7.41. The highest BCUT2D eigenvalue weighted by Crippen LogP contribution is 2.19. The predicted octanol–water partition coefficient (Wildman–Crippen LogP) is 2.77. The van der Waals surface area contributed by atoms with Gasteiger partial charge in [0.1, 0.15) is 0 Å². The van der Waals surface area contributed by atoms with Crippen molar-refractivity contribution in [2.75, 3.05) is 33.2 Å². The molecule has 2 amide bonds. The van der Waals surface area contributed by atoms with E-state index in [4.69, 9.17) is 4.42 Å². The second kappa shape index (κ2) is 10.1. The maximum absolute atomic E-state index is 12.4. The molecule has 2 heterocycles. The first-order valence-electron chi connectivity index (χ1n) is 9.96. The molecule has 6 heteroatoms. The van der Waals surface area contributed by atoms with E-state index >= 15 is 0 Å². The molecular weight excluding hydrogens is 354 g/mol. The third kappa shape index (κ3) is 5.70. The van der Waals surface area contributed by atoms with Gasteiger partial charge in [0.25, 0.3) is 5.91 Å². The van der Waals surface area contributed by atoms with Crippen molar-refractivity contribution in [3.8, 4) is 0 Å². The number of rotatable bonds is 8. The zero-order chi connectivity index (χ0) is 19.8. The minimum Gasteiger partial charge on any atom is -0.459 e. The molecule has 0 spiro atoms. The highest BCUT2D eigenvalue weighted by Gasteiger charge is 2.28. The lowest BCUT2D eigenvalue weighted by Crippen LogP contribution is -2.43. The molecule has 0 unspecified atom stereocenters. The van der Waals surface area contributed by atoms with Crippen LogP contribution in [0.25, 0.3) is 0 Å². The van der Waals surface area contributed by atoms with E-state index in [0.29, 0.717) is 38.2 Å². The number of hydrogen-bond acceptors (Lipinski definition) is 4. The summed E-state index contributed by atoms with van der Waals surface area (Å²) >= 11 is 0. The maximum atomic E-state index is 12.4. The quantitative estimate of drug-likeness (QED) is 0.712. The zero-order valence-corrected chi connectivity index (χ0v) is 16.5. The molecule has 0 bridgehead atoms. The molecule has 0 atom stereocenters. The summed E-state index contributed by atoms with van der Waals surface area (Å²) in [7, 11) is 2.10. The molecular formula is C22H29N3O3. The normalized spacial score (nSPS) is 15.0. The van der Waals surface area contributed by atoms with E-state index in [1.54, 1.807) is 17.0 Å². The molecule has 0 radical (unpaired) electrons. The Balaban J connectivity index is 1.31. The smallest absolute Gasteiger partial charge is 0.289 e. The van der Waals surface area contributed by atoms with Gasteiger partial charge < -0.3 is 19.5 Å². The van der Waals surface area contributed by atoms with E-state index in [1.165, 1.54) is 11.8 Å². The molecule has 1 saturated heterocycles. The van der Waals surface area contributed by atoms with Crippen LogP contribution in [0.2, 0.25) is 0 Å². The van der Waals surface area contributed by atoms with E-state index < -0.39 is 0 Å². The summed E-state index contributed by atoms with van der Waals surface area (Å²) in [5.41, 5.74) is 1.30. The van der Waals surface area contributed by atoms with Crippen molar-refractivity contribution in [1.29, 1.82) is 0 Å². The Bertz CT molecular complexity index is 738. The molecule has 150 valence electrons. The molecule has 1 aliphatic rings. The van der Waals surface area contributed by atoms with Gasteiger partial charge in [-0.15, -0.1) is 0 Å². The van der Waals surface area contributed by atoms with Crippen molar-refractivity contribution in [3.05, 3.63) is 60.1 Å². The molecule has 3 rings (SSSR count). The minimum absolute atomic E-state index is 0.0114. The highest BCUT2D eigenvalue weighted by atomic mass is 16.3. The standard InChI is InChI=1S/C22H29N3O3/c1-24(17-18-7-3-2-4-8-18)13-6-12-23-21(26)19-10-14-25(15-11-19)22(27)20-9-5-16-28-20/h2-5,7-9,16,19H,6,10-15,17H2,1H3,(H,23,26). The van der Waals surface area contributed by atoms with Crippen molar-refractivity contribution in [3.63, 3.8) is 0 Å². The van der Waals surface area contributed by atoms with Crippen LogP contribution >= 0.6 is 0 Å². The predicted molar refractivity (Wildman–Crippen MR) is 108 cm³/mol. The van der Waals surface area contributed by atoms with Crippen LogP contribution in [-0.2, 0) is 11.3 Å². The zero-order valence-electron chi connectivity index (χ0n) is 16.5. The minimum atomic E-state index is -0.0923. The molecule has 0 saturated carbocycles. The van der Waals surface area contributed by atoms with Gasteiger partial charge in [0, 0.05) is 32.1 Å². The topological polar surface area (TPSA) is 65.8 Å². The molecule has 2 aromatic rings. The van der Waals surface area contributed by atoms with Crippen LogP contribution in [0.4, 0.5) is 0 Å². The van der Waals surface area contributed by atoms with Crippen LogP contribution in [0.1, 0.15) is 35.4 Å². The number of nitrogens with one attached hydrogen (secondary N) is 1. The van der Waals surface area contributed by atoms with E-state index in [2.05, 4.69) is 41.5 Å². The van der Waals surface area contributed by atoms with Gasteiger partial charge in [0.2, 0.25) is 5.91 Å². The lowest BCUT2D eigenvalue weighted by molar-refractivity contribution is -0.126. The van der Waals surface area contributed by atoms with Gasteiger partial charge in [-0.3, -0.25) is 9.59 Å². The molecule has 1 N–H and O–H groups in total. The summed E-state index contributed by atoms with van der Waals surface area (Å²) in [6.45, 7) is 3.72. The number of piperidine rings is 1. The van der Waals surface area contributed by atoms with Crippen molar-refractivity contribution in [2.24, 2.45) is 5.92 Å². The number of carbonyl (C=O) groups excluding carboxylic acids is 2. The summed E-state index contributed by atoms with van der Waals surface area (Å²) in [5.74, 6) is 0.367. The molecule has 1 aliphatic heterocycles. The van der Waals surface area contributed by atoms with Crippen LogP contribution in [0.15, 0.2) is 53.1 Å². The van der Waals surface area contributed by atoms with E-state index in [9.17, 15) is 9.59 Å². The van der Waals surface area contributed by atoms with E-state index in [1.807, 2.05) is 6.07 Å². The number of benzene rings is 1. The third-order valence-corrected chi connectivity index (χ3v) is 5.20. The Labute approximate surface area is 166 Å². The second-order valence-corrected chi connectivity index (χ2v) is 7.41. The van der Waals surface area contributed by atoms with Crippen molar-refractivity contribution < 1.29 is 14.0 Å². The average molecular weight is 383 g/mol. The first kappa shape index (κ1) is 20.1. The lowest BCUT2D eigenvalue weighted by Gasteiger charge is -2.30. The van der Waals surface area contributed by atoms with Crippen molar-refractivity contribution >= 4 is 11.8 Å². The lowest BCUT2D eigenvalue weighted by atomic mass is 9.95. The van der Waals surface area contributed by atoms with Gasteiger partial charge in [-0.1, -0.05) is 30.3 Å². The summed E-state index contributed by atoms with van der Waals surface area (Å²) < 4.78 is 5.17. The van der Waals surface area contributed by atoms with Crippen LogP contribution in [-0.4, -0.2) is 54.8 Å². The number of nitrogens with zero attached hydrogens (tertiary/aromatic N) is 2. The highest BCUT2D eigenvalue weighted by molar-refractivity contribution is 5.91. The van der Waals surface area contributed by atoms with E-state index in [0.717, 1.165) is 19.5 Å². The van der Waals surface area contributed by atoms with Gasteiger partial charge in [-0.2, -0.15) is 0 Å². The van der Waals surface area contributed by atoms with Crippen LogP contribution in [0.3, 0.4) is 0 Å². The molecule has 1 aromatic carbocycles. The van der Waals surface area contributed by atoms with E-state index in [-0.39, 0.29) is 17.7 Å². The maximum Gasteiger partial charge on any atom is 0.289 e. The molecule has 28 heavy (non-hydrogen) atoms. The summed E-state index contributed by atoms with van der Waals surface area (Å²) in [6, 6.07) is 13.8. The Morgan fingerprint density at radius 1 is 1.14 bits per heavy atom. The summed E-state index contributed by atoms with van der Waals surface area (Å²) in [5, 5.41) is 3.06. The summed E-state index contributed by atoms with van der Waals surface area (Å²) in [6.07, 6.45) is 3.83. The molecule has 0 aliphatic carbocycles. The Morgan fingerprint density at radius 2 is 1.89 bits per heavy atom. The van der Waals surface area contributed by atoms with Gasteiger partial charge >= 0.3 is 0 Å².